The molecule has 0 saturated heterocycles. The van der Waals surface area contributed by atoms with Crippen molar-refractivity contribution in [3.63, 3.8) is 0 Å². The van der Waals surface area contributed by atoms with Crippen LogP contribution in [0.5, 0.6) is 0 Å². The van der Waals surface area contributed by atoms with Crippen LogP contribution >= 0.6 is 11.3 Å². The second kappa shape index (κ2) is 6.00. The normalized spacial score (nSPS) is 11.6. The number of thiophene rings is 1. The Morgan fingerprint density at radius 1 is 1.23 bits per heavy atom. The number of rotatable bonds is 5. The molecule has 2 aromatic rings. The zero-order chi connectivity index (χ0) is 16.5. The first-order chi connectivity index (χ1) is 10.3. The van der Waals surface area contributed by atoms with Crippen molar-refractivity contribution in [2.75, 3.05) is 13.1 Å². The minimum Gasteiger partial charge on any atom is -0.477 e. The van der Waals surface area contributed by atoms with Crippen molar-refractivity contribution in [2.45, 2.75) is 19.8 Å². The lowest BCUT2D eigenvalue weighted by Gasteiger charge is -2.24. The summed E-state index contributed by atoms with van der Waals surface area (Å²) < 4.78 is 29.1. The zero-order valence-electron chi connectivity index (χ0n) is 12.1. The number of hydrogen-bond acceptors (Lipinski definition) is 3. The summed E-state index contributed by atoms with van der Waals surface area (Å²) in [5, 5.41) is 9.51. The number of halogens is 2. The standard InChI is InChI=1S/C15H15F2NO3S/c1-3-18(4-2)14(21)15(16,17)10-6-5-9-7-12(13(19)20)22-11(9)8-10/h5-8H,3-4H2,1-2H3,(H,19,20). The second-order valence-corrected chi connectivity index (χ2v) is 5.80. The molecule has 0 unspecified atom stereocenters. The molecule has 1 aromatic carbocycles. The van der Waals surface area contributed by atoms with E-state index in [-0.39, 0.29) is 18.0 Å². The lowest BCUT2D eigenvalue weighted by molar-refractivity contribution is -0.158. The van der Waals surface area contributed by atoms with E-state index in [1.807, 2.05) is 0 Å². The Labute approximate surface area is 130 Å². The summed E-state index contributed by atoms with van der Waals surface area (Å²) in [5.41, 5.74) is -0.421. The highest BCUT2D eigenvalue weighted by atomic mass is 32.1. The number of hydrogen-bond donors (Lipinski definition) is 1. The third-order valence-electron chi connectivity index (χ3n) is 3.41. The van der Waals surface area contributed by atoms with Crippen LogP contribution in [0.25, 0.3) is 10.1 Å². The quantitative estimate of drug-likeness (QED) is 0.913. The fourth-order valence-corrected chi connectivity index (χ4v) is 3.11. The Balaban J connectivity index is 2.44. The minimum atomic E-state index is -3.63. The number of likely N-dealkylation sites (N-methyl/N-ethyl adjacent to an activating group) is 1. The molecular formula is C15H15F2NO3S. The first kappa shape index (κ1) is 16.4. The number of carboxylic acids is 1. The van der Waals surface area contributed by atoms with Gasteiger partial charge in [0.15, 0.2) is 0 Å². The van der Waals surface area contributed by atoms with E-state index in [0.717, 1.165) is 16.2 Å². The third kappa shape index (κ3) is 2.81. The topological polar surface area (TPSA) is 57.6 Å². The third-order valence-corrected chi connectivity index (χ3v) is 4.50. The van der Waals surface area contributed by atoms with E-state index in [1.54, 1.807) is 13.8 Å². The number of carbonyl (C=O) groups excluding carboxylic acids is 1. The summed E-state index contributed by atoms with van der Waals surface area (Å²) in [5.74, 6) is -5.98. The molecule has 1 amide bonds. The van der Waals surface area contributed by atoms with Crippen LogP contribution in [0.1, 0.15) is 29.1 Å². The van der Waals surface area contributed by atoms with Crippen molar-refractivity contribution in [2.24, 2.45) is 0 Å². The van der Waals surface area contributed by atoms with Crippen LogP contribution in [-0.2, 0) is 10.7 Å². The summed E-state index contributed by atoms with van der Waals surface area (Å²) in [7, 11) is 0. The molecular weight excluding hydrogens is 312 g/mol. The maximum atomic E-state index is 14.4. The van der Waals surface area contributed by atoms with Crippen LogP contribution in [-0.4, -0.2) is 35.0 Å². The van der Waals surface area contributed by atoms with Crippen LogP contribution in [0, 0.1) is 0 Å². The summed E-state index contributed by atoms with van der Waals surface area (Å²) in [6, 6.07) is 5.20. The highest BCUT2D eigenvalue weighted by Crippen LogP contribution is 2.35. The highest BCUT2D eigenvalue weighted by Gasteiger charge is 2.43. The van der Waals surface area contributed by atoms with Crippen LogP contribution in [0.3, 0.4) is 0 Å². The van der Waals surface area contributed by atoms with Crippen LogP contribution in [0.4, 0.5) is 8.78 Å². The Kier molecular flexibility index (Phi) is 4.46. The molecule has 0 aliphatic heterocycles. The number of benzene rings is 1. The van der Waals surface area contributed by atoms with E-state index >= 15 is 0 Å². The number of carbonyl (C=O) groups is 2. The average Bonchev–Trinajstić information content (AvgIpc) is 2.91. The van der Waals surface area contributed by atoms with Gasteiger partial charge in [0.05, 0.1) is 0 Å². The molecule has 0 atom stereocenters. The molecule has 0 saturated carbocycles. The maximum Gasteiger partial charge on any atom is 0.350 e. The lowest BCUT2D eigenvalue weighted by Crippen LogP contribution is -2.41. The summed E-state index contributed by atoms with van der Waals surface area (Å²) >= 11 is 0.909. The molecule has 1 N–H and O–H groups in total. The van der Waals surface area contributed by atoms with Gasteiger partial charge >= 0.3 is 11.9 Å². The lowest BCUT2D eigenvalue weighted by atomic mass is 10.1. The largest absolute Gasteiger partial charge is 0.477 e. The average molecular weight is 327 g/mol. The summed E-state index contributed by atoms with van der Waals surface area (Å²) in [4.78, 5) is 24.0. The first-order valence-electron chi connectivity index (χ1n) is 6.75. The molecule has 0 radical (unpaired) electrons. The number of amides is 1. The Morgan fingerprint density at radius 3 is 2.41 bits per heavy atom. The number of alkyl halides is 2. The highest BCUT2D eigenvalue weighted by molar-refractivity contribution is 7.20. The van der Waals surface area contributed by atoms with E-state index < -0.39 is 23.4 Å². The van der Waals surface area contributed by atoms with Gasteiger partial charge in [-0.15, -0.1) is 11.3 Å². The number of nitrogens with zero attached hydrogens (tertiary/aromatic N) is 1. The van der Waals surface area contributed by atoms with Crippen molar-refractivity contribution in [3.8, 4) is 0 Å². The van der Waals surface area contributed by atoms with Crippen LogP contribution < -0.4 is 0 Å². The molecule has 7 heteroatoms. The van der Waals surface area contributed by atoms with E-state index in [1.165, 1.54) is 24.3 Å². The second-order valence-electron chi connectivity index (χ2n) is 4.72. The number of fused-ring (bicyclic) bond motifs is 1. The summed E-state index contributed by atoms with van der Waals surface area (Å²) in [6.45, 7) is 3.68. The van der Waals surface area contributed by atoms with E-state index in [4.69, 9.17) is 5.11 Å². The molecule has 0 aliphatic rings. The van der Waals surface area contributed by atoms with Gasteiger partial charge in [0.1, 0.15) is 4.88 Å². The fourth-order valence-electron chi connectivity index (χ4n) is 2.16. The van der Waals surface area contributed by atoms with E-state index in [9.17, 15) is 18.4 Å². The van der Waals surface area contributed by atoms with Gasteiger partial charge in [-0.25, -0.2) is 4.79 Å². The minimum absolute atomic E-state index is 0.0746. The Hall–Kier alpha value is -2.02. The molecule has 0 bridgehead atoms. The van der Waals surface area contributed by atoms with Gasteiger partial charge in [0.2, 0.25) is 0 Å². The molecule has 0 fully saturated rings. The van der Waals surface area contributed by atoms with Crippen molar-refractivity contribution in [3.05, 3.63) is 34.7 Å². The molecule has 2 rings (SSSR count). The van der Waals surface area contributed by atoms with Crippen molar-refractivity contribution >= 4 is 33.3 Å². The van der Waals surface area contributed by atoms with Crippen molar-refractivity contribution in [1.82, 2.24) is 4.90 Å². The van der Waals surface area contributed by atoms with E-state index in [2.05, 4.69) is 0 Å². The van der Waals surface area contributed by atoms with Gasteiger partial charge in [-0.05, 0) is 31.4 Å². The first-order valence-corrected chi connectivity index (χ1v) is 7.57. The molecule has 1 aromatic heterocycles. The smallest absolute Gasteiger partial charge is 0.350 e. The van der Waals surface area contributed by atoms with Gasteiger partial charge in [-0.1, -0.05) is 12.1 Å². The predicted molar refractivity (Wildman–Crippen MR) is 80.6 cm³/mol. The van der Waals surface area contributed by atoms with Crippen LogP contribution in [0.2, 0.25) is 0 Å². The number of aromatic carboxylic acids is 1. The monoisotopic (exact) mass is 327 g/mol. The molecule has 4 nitrogen and oxygen atoms in total. The SMILES string of the molecule is CCN(CC)C(=O)C(F)(F)c1ccc2cc(C(=O)O)sc2c1. The van der Waals surface area contributed by atoms with Gasteiger partial charge in [-0.2, -0.15) is 8.78 Å². The van der Waals surface area contributed by atoms with Gasteiger partial charge in [0, 0.05) is 23.4 Å². The molecule has 118 valence electrons. The maximum absolute atomic E-state index is 14.4. The molecule has 22 heavy (non-hydrogen) atoms. The van der Waals surface area contributed by atoms with Crippen molar-refractivity contribution < 1.29 is 23.5 Å². The van der Waals surface area contributed by atoms with E-state index in [0.29, 0.717) is 10.1 Å². The van der Waals surface area contributed by atoms with Gasteiger partial charge in [0.25, 0.3) is 5.91 Å². The zero-order valence-corrected chi connectivity index (χ0v) is 12.9. The van der Waals surface area contributed by atoms with Crippen LogP contribution in [0.15, 0.2) is 24.3 Å². The predicted octanol–water partition coefficient (Wildman–Crippen LogP) is 3.56. The van der Waals surface area contributed by atoms with Gasteiger partial charge in [-0.3, -0.25) is 4.79 Å². The summed E-state index contributed by atoms with van der Waals surface area (Å²) in [6.07, 6.45) is 0. The molecule has 0 aliphatic carbocycles. The fraction of sp³-hybridized carbons (Fsp3) is 0.333. The molecule has 0 spiro atoms. The van der Waals surface area contributed by atoms with Gasteiger partial charge < -0.3 is 10.0 Å². The molecule has 1 heterocycles. The van der Waals surface area contributed by atoms with Crippen molar-refractivity contribution in [1.29, 1.82) is 0 Å². The number of carboxylic acid groups (broad SMARTS) is 1. The Morgan fingerprint density at radius 2 is 1.86 bits per heavy atom. The Bertz CT molecular complexity index is 723.